The predicted molar refractivity (Wildman–Crippen MR) is 83.5 cm³/mol. The van der Waals surface area contributed by atoms with Gasteiger partial charge in [0.05, 0.1) is 0 Å². The predicted octanol–water partition coefficient (Wildman–Crippen LogP) is 1.56. The van der Waals surface area contributed by atoms with Crippen LogP contribution in [-0.4, -0.2) is 46.0 Å². The molecule has 0 aliphatic rings. The highest BCUT2D eigenvalue weighted by Crippen LogP contribution is 2.05. The van der Waals surface area contributed by atoms with Crippen molar-refractivity contribution in [3.8, 4) is 0 Å². The molecular weight excluding hydrogens is 258 g/mol. The Labute approximate surface area is 120 Å². The van der Waals surface area contributed by atoms with Crippen LogP contribution in [-0.2, 0) is 0 Å². The summed E-state index contributed by atoms with van der Waals surface area (Å²) in [7, 11) is 2.12. The van der Waals surface area contributed by atoms with Crippen molar-refractivity contribution in [2.45, 2.75) is 33.2 Å². The first-order valence-electron chi connectivity index (χ1n) is 6.49. The van der Waals surface area contributed by atoms with Crippen molar-refractivity contribution in [1.82, 2.24) is 14.9 Å². The molecule has 0 bridgehead atoms. The highest BCUT2D eigenvalue weighted by molar-refractivity contribution is 7.80. The van der Waals surface area contributed by atoms with Gasteiger partial charge < -0.3 is 16.0 Å². The number of aromatic nitrogens is 2. The van der Waals surface area contributed by atoms with Crippen molar-refractivity contribution in [1.29, 1.82) is 0 Å². The molecule has 0 fully saturated rings. The van der Waals surface area contributed by atoms with Gasteiger partial charge in [-0.3, -0.25) is 0 Å². The largest absolute Gasteiger partial charge is 0.388 e. The van der Waals surface area contributed by atoms with Gasteiger partial charge in [0.25, 0.3) is 0 Å². The molecule has 0 unspecified atom stereocenters. The van der Waals surface area contributed by atoms with Crippen molar-refractivity contribution < 1.29 is 0 Å². The summed E-state index contributed by atoms with van der Waals surface area (Å²) in [4.78, 5) is 11.2. The first-order valence-corrected chi connectivity index (χ1v) is 6.90. The van der Waals surface area contributed by atoms with Crippen LogP contribution in [0.3, 0.4) is 0 Å². The average molecular weight is 281 g/mol. The monoisotopic (exact) mass is 281 g/mol. The molecule has 0 aliphatic heterocycles. The van der Waals surface area contributed by atoms with Crippen molar-refractivity contribution in [2.24, 2.45) is 5.73 Å². The number of hydrogen-bond donors (Lipinski definition) is 2. The average Bonchev–Trinajstić information content (AvgIpc) is 2.33. The smallest absolute Gasteiger partial charge is 0.223 e. The van der Waals surface area contributed by atoms with Crippen molar-refractivity contribution >= 4 is 23.2 Å². The minimum Gasteiger partial charge on any atom is -0.388 e. The van der Waals surface area contributed by atoms with E-state index in [4.69, 9.17) is 18.0 Å². The van der Waals surface area contributed by atoms with Crippen LogP contribution in [0.1, 0.15) is 31.7 Å². The summed E-state index contributed by atoms with van der Waals surface area (Å²) in [6, 6.07) is 2.36. The molecule has 0 saturated heterocycles. The van der Waals surface area contributed by atoms with Crippen LogP contribution in [0.15, 0.2) is 6.07 Å². The van der Waals surface area contributed by atoms with Gasteiger partial charge >= 0.3 is 0 Å². The molecule has 0 amide bonds. The summed E-state index contributed by atoms with van der Waals surface area (Å²) >= 11 is 4.93. The second kappa shape index (κ2) is 7.35. The molecule has 0 saturated carbocycles. The Morgan fingerprint density at radius 1 is 1.47 bits per heavy atom. The summed E-state index contributed by atoms with van der Waals surface area (Å²) in [5, 5.41) is 3.21. The van der Waals surface area contributed by atoms with Gasteiger partial charge in [0.15, 0.2) is 0 Å². The lowest BCUT2D eigenvalue weighted by molar-refractivity contribution is 0.273. The van der Waals surface area contributed by atoms with E-state index in [0.717, 1.165) is 25.2 Å². The molecule has 1 aromatic heterocycles. The fourth-order valence-corrected chi connectivity index (χ4v) is 1.67. The van der Waals surface area contributed by atoms with Crippen LogP contribution in [0.2, 0.25) is 0 Å². The van der Waals surface area contributed by atoms with Gasteiger partial charge in [-0.25, -0.2) is 9.97 Å². The Kier molecular flexibility index (Phi) is 6.11. The lowest BCUT2D eigenvalue weighted by Crippen LogP contribution is -2.28. The number of thiocarbonyl (C=S) groups is 1. The zero-order chi connectivity index (χ0) is 14.4. The highest BCUT2D eigenvalue weighted by Gasteiger charge is 2.05. The molecule has 0 radical (unpaired) electrons. The summed E-state index contributed by atoms with van der Waals surface area (Å²) in [5.41, 5.74) is 7.06. The zero-order valence-electron chi connectivity index (χ0n) is 12.1. The number of anilines is 1. The Morgan fingerprint density at radius 2 is 2.16 bits per heavy atom. The van der Waals surface area contributed by atoms with E-state index in [-0.39, 0.29) is 0 Å². The number of aryl methyl sites for hydroxylation is 1. The third kappa shape index (κ3) is 5.48. The number of nitrogens with zero attached hydrogens (tertiary/aromatic N) is 3. The molecule has 6 heteroatoms. The highest BCUT2D eigenvalue weighted by atomic mass is 32.1. The van der Waals surface area contributed by atoms with Gasteiger partial charge in [0, 0.05) is 18.3 Å². The third-order valence-electron chi connectivity index (χ3n) is 2.96. The third-order valence-corrected chi connectivity index (χ3v) is 3.17. The minimum absolute atomic E-state index is 0.299. The molecule has 0 spiro atoms. The van der Waals surface area contributed by atoms with Gasteiger partial charge in [-0.2, -0.15) is 0 Å². The fraction of sp³-hybridized carbons (Fsp3) is 0.615. The van der Waals surface area contributed by atoms with E-state index in [2.05, 4.69) is 41.1 Å². The molecule has 3 N–H and O–H groups in total. The molecule has 1 rings (SSSR count). The second-order valence-electron chi connectivity index (χ2n) is 4.94. The van der Waals surface area contributed by atoms with Gasteiger partial charge in [-0.15, -0.1) is 0 Å². The van der Waals surface area contributed by atoms with E-state index in [1.54, 1.807) is 6.07 Å². The maximum Gasteiger partial charge on any atom is 0.223 e. The summed E-state index contributed by atoms with van der Waals surface area (Å²) in [6.45, 7) is 8.15. The quantitative estimate of drug-likeness (QED) is 0.584. The number of rotatable bonds is 7. The van der Waals surface area contributed by atoms with Crippen LogP contribution in [0.5, 0.6) is 0 Å². The molecule has 0 aromatic carbocycles. The lowest BCUT2D eigenvalue weighted by Gasteiger charge is -2.20. The van der Waals surface area contributed by atoms with Crippen molar-refractivity contribution in [3.63, 3.8) is 0 Å². The minimum atomic E-state index is 0.299. The molecule has 0 aliphatic carbocycles. The Bertz CT molecular complexity index is 433. The standard InChI is InChI=1S/C13H23N5S/c1-9(2)18(4)7-5-6-15-13-16-10(3)8-11(17-13)12(14)19/h8-9H,5-7H2,1-4H3,(H2,14,19)(H,15,16,17). The van der Waals surface area contributed by atoms with E-state index in [1.165, 1.54) is 0 Å². The molecule has 0 atom stereocenters. The Balaban J connectivity index is 2.47. The number of nitrogens with two attached hydrogens (primary N) is 1. The molecule has 1 aromatic rings. The van der Waals surface area contributed by atoms with Crippen LogP contribution < -0.4 is 11.1 Å². The molecular formula is C13H23N5S. The summed E-state index contributed by atoms with van der Waals surface area (Å²) in [5.74, 6) is 0.593. The molecule has 5 nitrogen and oxygen atoms in total. The van der Waals surface area contributed by atoms with Crippen LogP contribution in [0.4, 0.5) is 5.95 Å². The lowest BCUT2D eigenvalue weighted by atomic mass is 10.3. The van der Waals surface area contributed by atoms with Crippen LogP contribution >= 0.6 is 12.2 Å². The summed E-state index contributed by atoms with van der Waals surface area (Å²) in [6.07, 6.45) is 1.04. The normalized spacial score (nSPS) is 11.1. The maximum atomic E-state index is 5.59. The SMILES string of the molecule is Cc1cc(C(N)=S)nc(NCCCN(C)C(C)C)n1. The molecule has 19 heavy (non-hydrogen) atoms. The fourth-order valence-electron chi connectivity index (χ4n) is 1.56. The van der Waals surface area contributed by atoms with Gasteiger partial charge in [0.2, 0.25) is 5.95 Å². The van der Waals surface area contributed by atoms with E-state index in [9.17, 15) is 0 Å². The number of nitrogens with one attached hydrogen (secondary N) is 1. The van der Waals surface area contributed by atoms with Crippen molar-refractivity contribution in [2.75, 3.05) is 25.5 Å². The van der Waals surface area contributed by atoms with E-state index in [1.807, 2.05) is 6.92 Å². The maximum absolute atomic E-state index is 5.59. The van der Waals surface area contributed by atoms with Crippen molar-refractivity contribution in [3.05, 3.63) is 17.5 Å². The topological polar surface area (TPSA) is 67.1 Å². The van der Waals surface area contributed by atoms with Crippen LogP contribution in [0.25, 0.3) is 0 Å². The van der Waals surface area contributed by atoms with Gasteiger partial charge in [-0.05, 0) is 46.9 Å². The van der Waals surface area contributed by atoms with Crippen LogP contribution in [0, 0.1) is 6.92 Å². The first kappa shape index (κ1) is 15.8. The summed E-state index contributed by atoms with van der Waals surface area (Å²) < 4.78 is 0. The van der Waals surface area contributed by atoms with E-state index < -0.39 is 0 Å². The van der Waals surface area contributed by atoms with E-state index in [0.29, 0.717) is 22.7 Å². The van der Waals surface area contributed by atoms with Gasteiger partial charge in [0.1, 0.15) is 10.7 Å². The first-order chi connectivity index (χ1) is 8.90. The molecule has 106 valence electrons. The van der Waals surface area contributed by atoms with E-state index >= 15 is 0 Å². The molecule has 1 heterocycles. The van der Waals surface area contributed by atoms with Gasteiger partial charge in [-0.1, -0.05) is 12.2 Å². The Hall–Kier alpha value is -1.27. The second-order valence-corrected chi connectivity index (χ2v) is 5.38. The zero-order valence-corrected chi connectivity index (χ0v) is 12.9. The number of hydrogen-bond acceptors (Lipinski definition) is 5. The Morgan fingerprint density at radius 3 is 2.74 bits per heavy atom.